The number of nitrogens with one attached hydrogen (secondary N) is 1. The van der Waals surface area contributed by atoms with Crippen molar-refractivity contribution in [3.05, 3.63) is 29.3 Å². The van der Waals surface area contributed by atoms with E-state index in [-0.39, 0.29) is 5.91 Å². The molecule has 1 N–H and O–H groups in total. The fraction of sp³-hybridized carbons (Fsp3) is 0.250. The van der Waals surface area contributed by atoms with E-state index in [1.807, 2.05) is 18.2 Å². The molecule has 1 heterocycles. The molecule has 2 aromatic rings. The number of benzene rings is 1. The largest absolute Gasteiger partial charge is 0.491 e. The SMILES string of the molecule is CC(=O)Nc1nnc(SCCOc2ccccc2Cl)s1. The molecular formula is C12H12ClN3O2S2. The van der Waals surface area contributed by atoms with Gasteiger partial charge in [0.2, 0.25) is 11.0 Å². The molecule has 1 amide bonds. The minimum Gasteiger partial charge on any atom is -0.491 e. The number of hydrogen-bond donors (Lipinski definition) is 1. The molecule has 0 fully saturated rings. The summed E-state index contributed by atoms with van der Waals surface area (Å²) in [6.45, 7) is 1.95. The zero-order chi connectivity index (χ0) is 14.4. The monoisotopic (exact) mass is 329 g/mol. The van der Waals surface area contributed by atoms with Crippen LogP contribution in [0.1, 0.15) is 6.92 Å². The highest BCUT2D eigenvalue weighted by molar-refractivity contribution is 8.01. The summed E-state index contributed by atoms with van der Waals surface area (Å²) in [4.78, 5) is 10.9. The number of rotatable bonds is 6. The number of ether oxygens (including phenoxy) is 1. The number of hydrogen-bond acceptors (Lipinski definition) is 6. The third kappa shape index (κ3) is 4.66. The first-order valence-corrected chi connectivity index (χ1v) is 7.94. The predicted octanol–water partition coefficient (Wildman–Crippen LogP) is 3.32. The maximum absolute atomic E-state index is 10.9. The van der Waals surface area contributed by atoms with E-state index in [1.54, 1.807) is 6.07 Å². The smallest absolute Gasteiger partial charge is 0.223 e. The summed E-state index contributed by atoms with van der Waals surface area (Å²) in [6.07, 6.45) is 0. The lowest BCUT2D eigenvalue weighted by Crippen LogP contribution is -2.04. The van der Waals surface area contributed by atoms with Gasteiger partial charge >= 0.3 is 0 Å². The highest BCUT2D eigenvalue weighted by Crippen LogP contribution is 2.26. The second kappa shape index (κ2) is 7.47. The lowest BCUT2D eigenvalue weighted by atomic mass is 10.3. The highest BCUT2D eigenvalue weighted by atomic mass is 35.5. The predicted molar refractivity (Wildman–Crippen MR) is 81.9 cm³/mol. The molecule has 0 aliphatic rings. The van der Waals surface area contributed by atoms with Crippen LogP contribution in [-0.2, 0) is 4.79 Å². The first-order valence-electron chi connectivity index (χ1n) is 5.76. The molecule has 2 rings (SSSR count). The van der Waals surface area contributed by atoms with E-state index in [0.717, 1.165) is 10.1 Å². The van der Waals surface area contributed by atoms with Crippen LogP contribution in [0.3, 0.4) is 0 Å². The summed E-state index contributed by atoms with van der Waals surface area (Å²) in [6, 6.07) is 7.34. The van der Waals surface area contributed by atoms with Crippen molar-refractivity contribution in [3.63, 3.8) is 0 Å². The van der Waals surface area contributed by atoms with Gasteiger partial charge in [-0.2, -0.15) is 0 Å². The Balaban J connectivity index is 1.75. The second-order valence-electron chi connectivity index (χ2n) is 3.68. The van der Waals surface area contributed by atoms with Crippen molar-refractivity contribution in [2.75, 3.05) is 17.7 Å². The second-order valence-corrected chi connectivity index (χ2v) is 6.41. The van der Waals surface area contributed by atoms with Gasteiger partial charge in [-0.1, -0.05) is 46.8 Å². The summed E-state index contributed by atoms with van der Waals surface area (Å²) < 4.78 is 6.35. The van der Waals surface area contributed by atoms with Crippen LogP contribution in [0.15, 0.2) is 28.6 Å². The van der Waals surface area contributed by atoms with Crippen LogP contribution >= 0.6 is 34.7 Å². The number of carbonyl (C=O) groups is 1. The van der Waals surface area contributed by atoms with Gasteiger partial charge in [0.25, 0.3) is 0 Å². The highest BCUT2D eigenvalue weighted by Gasteiger charge is 2.06. The first-order chi connectivity index (χ1) is 9.65. The van der Waals surface area contributed by atoms with Crippen LogP contribution in [0.25, 0.3) is 0 Å². The van der Waals surface area contributed by atoms with E-state index in [0.29, 0.717) is 22.5 Å². The molecule has 0 saturated heterocycles. The Morgan fingerprint density at radius 3 is 3.00 bits per heavy atom. The molecule has 0 aliphatic heterocycles. The van der Waals surface area contributed by atoms with Gasteiger partial charge in [0.15, 0.2) is 4.34 Å². The topological polar surface area (TPSA) is 64.1 Å². The van der Waals surface area contributed by atoms with E-state index >= 15 is 0 Å². The third-order valence-corrected chi connectivity index (χ3v) is 4.34. The normalized spacial score (nSPS) is 10.3. The van der Waals surface area contributed by atoms with Crippen molar-refractivity contribution in [2.24, 2.45) is 0 Å². The summed E-state index contributed by atoms with van der Waals surface area (Å²) in [5.41, 5.74) is 0. The molecule has 1 aromatic carbocycles. The van der Waals surface area contributed by atoms with E-state index in [2.05, 4.69) is 15.5 Å². The molecule has 0 bridgehead atoms. The van der Waals surface area contributed by atoms with Crippen LogP contribution in [0.4, 0.5) is 5.13 Å². The van der Waals surface area contributed by atoms with Crippen LogP contribution < -0.4 is 10.1 Å². The molecule has 0 radical (unpaired) electrons. The summed E-state index contributed by atoms with van der Waals surface area (Å²) in [5, 5.41) is 11.5. The molecule has 0 aliphatic carbocycles. The average molecular weight is 330 g/mol. The maximum atomic E-state index is 10.9. The molecule has 0 saturated carbocycles. The zero-order valence-electron chi connectivity index (χ0n) is 10.6. The quantitative estimate of drug-likeness (QED) is 0.500. The number of aromatic nitrogens is 2. The first kappa shape index (κ1) is 15.1. The summed E-state index contributed by atoms with van der Waals surface area (Å²) in [7, 11) is 0. The Labute approximate surface area is 129 Å². The van der Waals surface area contributed by atoms with E-state index in [4.69, 9.17) is 16.3 Å². The van der Waals surface area contributed by atoms with Crippen LogP contribution in [-0.4, -0.2) is 28.5 Å². The fourth-order valence-electron chi connectivity index (χ4n) is 1.31. The maximum Gasteiger partial charge on any atom is 0.223 e. The standard InChI is InChI=1S/C12H12ClN3O2S2/c1-8(17)14-11-15-16-12(20-11)19-7-6-18-10-5-3-2-4-9(10)13/h2-5H,6-7H2,1H3,(H,14,15,17). The van der Waals surface area contributed by atoms with E-state index < -0.39 is 0 Å². The van der Waals surface area contributed by atoms with Gasteiger partial charge in [0.05, 0.1) is 11.6 Å². The molecule has 5 nitrogen and oxygen atoms in total. The summed E-state index contributed by atoms with van der Waals surface area (Å²) in [5.74, 6) is 1.24. The van der Waals surface area contributed by atoms with Gasteiger partial charge < -0.3 is 10.1 Å². The van der Waals surface area contributed by atoms with Gasteiger partial charge in [0, 0.05) is 12.7 Å². The molecule has 20 heavy (non-hydrogen) atoms. The van der Waals surface area contributed by atoms with Crippen LogP contribution in [0.5, 0.6) is 5.75 Å². The molecule has 8 heteroatoms. The number of nitrogens with zero attached hydrogens (tertiary/aromatic N) is 2. The Hall–Kier alpha value is -1.31. The van der Waals surface area contributed by atoms with E-state index in [9.17, 15) is 4.79 Å². The third-order valence-electron chi connectivity index (χ3n) is 2.09. The van der Waals surface area contributed by atoms with Crippen molar-refractivity contribution in [3.8, 4) is 5.75 Å². The van der Waals surface area contributed by atoms with Crippen LogP contribution in [0.2, 0.25) is 5.02 Å². The molecular weight excluding hydrogens is 318 g/mol. The van der Waals surface area contributed by atoms with Crippen LogP contribution in [0, 0.1) is 0 Å². The number of para-hydroxylation sites is 1. The Kier molecular flexibility index (Phi) is 5.63. The van der Waals surface area contributed by atoms with Gasteiger partial charge in [-0.3, -0.25) is 4.79 Å². The van der Waals surface area contributed by atoms with Gasteiger partial charge in [-0.15, -0.1) is 10.2 Å². The van der Waals surface area contributed by atoms with Crippen molar-refractivity contribution in [1.29, 1.82) is 0 Å². The number of carbonyl (C=O) groups excluding carboxylic acids is 1. The number of thioether (sulfide) groups is 1. The van der Waals surface area contributed by atoms with Gasteiger partial charge in [-0.05, 0) is 12.1 Å². The minimum absolute atomic E-state index is 0.153. The number of amides is 1. The van der Waals surface area contributed by atoms with E-state index in [1.165, 1.54) is 30.0 Å². The summed E-state index contributed by atoms with van der Waals surface area (Å²) >= 11 is 8.84. The van der Waals surface area contributed by atoms with Crippen molar-refractivity contribution in [2.45, 2.75) is 11.3 Å². The molecule has 106 valence electrons. The van der Waals surface area contributed by atoms with Gasteiger partial charge in [0.1, 0.15) is 5.75 Å². The Bertz CT molecular complexity index is 592. The molecule has 1 aromatic heterocycles. The van der Waals surface area contributed by atoms with Gasteiger partial charge in [-0.25, -0.2) is 0 Å². The molecule has 0 unspecified atom stereocenters. The lowest BCUT2D eigenvalue weighted by molar-refractivity contribution is -0.114. The average Bonchev–Trinajstić information content (AvgIpc) is 2.83. The lowest BCUT2D eigenvalue weighted by Gasteiger charge is -2.06. The number of anilines is 1. The number of halogens is 1. The zero-order valence-corrected chi connectivity index (χ0v) is 13.0. The molecule has 0 spiro atoms. The van der Waals surface area contributed by atoms with Crippen molar-refractivity contribution in [1.82, 2.24) is 10.2 Å². The Morgan fingerprint density at radius 1 is 1.45 bits per heavy atom. The Morgan fingerprint density at radius 2 is 2.25 bits per heavy atom. The minimum atomic E-state index is -0.153. The fourth-order valence-corrected chi connectivity index (χ4v) is 3.19. The molecule has 0 atom stereocenters. The van der Waals surface area contributed by atoms with Crippen molar-refractivity contribution < 1.29 is 9.53 Å². The van der Waals surface area contributed by atoms with Crippen molar-refractivity contribution >= 4 is 45.7 Å².